The summed E-state index contributed by atoms with van der Waals surface area (Å²) >= 11 is 1.32. The number of rotatable bonds is 3. The van der Waals surface area contributed by atoms with E-state index in [1.165, 1.54) is 29.4 Å². The zero-order valence-electron chi connectivity index (χ0n) is 12.8. The van der Waals surface area contributed by atoms with Crippen LogP contribution in [0, 0.1) is 0 Å². The van der Waals surface area contributed by atoms with Crippen LogP contribution in [0.25, 0.3) is 0 Å². The number of carbonyl (C=O) groups excluding carboxylic acids is 2. The lowest BCUT2D eigenvalue weighted by Gasteiger charge is -2.30. The Morgan fingerprint density at radius 3 is 2.59 bits per heavy atom. The van der Waals surface area contributed by atoms with Crippen molar-refractivity contribution in [3.05, 3.63) is 57.3 Å². The lowest BCUT2D eigenvalue weighted by atomic mass is 9.81. The van der Waals surface area contributed by atoms with Crippen molar-refractivity contribution in [1.82, 2.24) is 5.32 Å². The van der Waals surface area contributed by atoms with Crippen molar-refractivity contribution in [3.63, 3.8) is 0 Å². The number of fused-ring (bicyclic) bond motifs is 1. The summed E-state index contributed by atoms with van der Waals surface area (Å²) in [5.74, 6) is 0.439. The van der Waals surface area contributed by atoms with E-state index in [4.69, 9.17) is 0 Å². The Hall–Kier alpha value is -1.94. The lowest BCUT2D eigenvalue weighted by molar-refractivity contribution is 0.0936. The predicted octanol–water partition coefficient (Wildman–Crippen LogP) is 4.32. The van der Waals surface area contributed by atoms with Crippen LogP contribution in [0.2, 0.25) is 0 Å². The normalized spacial score (nSPS) is 20.3. The second kappa shape index (κ2) is 6.05. The summed E-state index contributed by atoms with van der Waals surface area (Å²) in [6.07, 6.45) is 2.03. The quantitative estimate of drug-likeness (QED) is 0.858. The number of carbonyl (C=O) groups is 2. The first-order valence-electron chi connectivity index (χ1n) is 7.55. The summed E-state index contributed by atoms with van der Waals surface area (Å²) in [5, 5.41) is 4.87. The average molecular weight is 313 g/mol. The highest BCUT2D eigenvalue weighted by Gasteiger charge is 2.26. The van der Waals surface area contributed by atoms with E-state index >= 15 is 0 Å². The molecule has 0 spiro atoms. The molecule has 1 heterocycles. The summed E-state index contributed by atoms with van der Waals surface area (Å²) in [6.45, 7) is 3.75. The minimum absolute atomic E-state index is 0.00728. The number of amides is 1. The van der Waals surface area contributed by atoms with E-state index in [0.717, 1.165) is 12.8 Å². The van der Waals surface area contributed by atoms with Gasteiger partial charge in [-0.1, -0.05) is 31.2 Å². The minimum atomic E-state index is -0.0909. The SMILES string of the molecule is CC(=O)c1csc(C(=O)N[C@H]2CC[C@@H](C)c3ccccc32)c1. The van der Waals surface area contributed by atoms with Crippen LogP contribution in [-0.2, 0) is 0 Å². The van der Waals surface area contributed by atoms with Crippen LogP contribution < -0.4 is 5.32 Å². The van der Waals surface area contributed by atoms with Gasteiger partial charge in [-0.15, -0.1) is 11.3 Å². The van der Waals surface area contributed by atoms with Crippen molar-refractivity contribution in [1.29, 1.82) is 0 Å². The summed E-state index contributed by atoms with van der Waals surface area (Å²) in [7, 11) is 0. The Kier molecular flexibility index (Phi) is 4.12. The smallest absolute Gasteiger partial charge is 0.261 e. The van der Waals surface area contributed by atoms with E-state index < -0.39 is 0 Å². The van der Waals surface area contributed by atoms with Crippen LogP contribution in [0.15, 0.2) is 35.7 Å². The molecule has 4 heteroatoms. The summed E-state index contributed by atoms with van der Waals surface area (Å²) in [6, 6.07) is 10.1. The fourth-order valence-electron chi connectivity index (χ4n) is 3.02. The number of nitrogens with one attached hydrogen (secondary N) is 1. The third kappa shape index (κ3) is 2.83. The van der Waals surface area contributed by atoms with Gasteiger partial charge in [-0.3, -0.25) is 9.59 Å². The number of hydrogen-bond donors (Lipinski definition) is 1. The third-order valence-corrected chi connectivity index (χ3v) is 5.25. The van der Waals surface area contributed by atoms with Crippen LogP contribution in [0.4, 0.5) is 0 Å². The standard InChI is InChI=1S/C18H19NO2S/c1-11-7-8-16(15-6-4-3-5-14(11)15)19-18(21)17-9-13(10-22-17)12(2)20/h3-6,9-11,16H,7-8H2,1-2H3,(H,19,21)/t11-,16+/m1/s1. The highest BCUT2D eigenvalue weighted by atomic mass is 32.1. The lowest BCUT2D eigenvalue weighted by Crippen LogP contribution is -2.31. The highest BCUT2D eigenvalue weighted by molar-refractivity contribution is 7.12. The fourth-order valence-corrected chi connectivity index (χ4v) is 3.87. The van der Waals surface area contributed by atoms with Crippen molar-refractivity contribution >= 4 is 23.0 Å². The van der Waals surface area contributed by atoms with Gasteiger partial charge in [0.15, 0.2) is 5.78 Å². The van der Waals surface area contributed by atoms with Crippen molar-refractivity contribution in [2.75, 3.05) is 0 Å². The highest BCUT2D eigenvalue weighted by Crippen LogP contribution is 2.37. The van der Waals surface area contributed by atoms with Gasteiger partial charge in [-0.2, -0.15) is 0 Å². The Balaban J connectivity index is 1.80. The van der Waals surface area contributed by atoms with Crippen molar-refractivity contribution in [2.45, 2.75) is 38.6 Å². The molecule has 0 bridgehead atoms. The molecule has 1 aliphatic carbocycles. The number of benzene rings is 1. The van der Waals surface area contributed by atoms with Crippen LogP contribution >= 0.6 is 11.3 Å². The predicted molar refractivity (Wildman–Crippen MR) is 88.6 cm³/mol. The molecule has 1 aliphatic rings. The maximum absolute atomic E-state index is 12.4. The molecule has 2 aromatic rings. The van der Waals surface area contributed by atoms with Crippen LogP contribution in [-0.4, -0.2) is 11.7 Å². The molecule has 22 heavy (non-hydrogen) atoms. The van der Waals surface area contributed by atoms with Crippen molar-refractivity contribution in [3.8, 4) is 0 Å². The van der Waals surface area contributed by atoms with E-state index in [2.05, 4.69) is 30.4 Å². The molecular formula is C18H19NO2S. The zero-order valence-corrected chi connectivity index (χ0v) is 13.6. The first kappa shape index (κ1) is 15.0. The van der Waals surface area contributed by atoms with Crippen LogP contribution in [0.5, 0.6) is 0 Å². The van der Waals surface area contributed by atoms with E-state index in [1.54, 1.807) is 11.4 Å². The van der Waals surface area contributed by atoms with Gasteiger partial charge >= 0.3 is 0 Å². The van der Waals surface area contributed by atoms with Gasteiger partial charge in [0.2, 0.25) is 0 Å². The van der Waals surface area contributed by atoms with E-state index in [1.807, 2.05) is 6.07 Å². The maximum atomic E-state index is 12.4. The molecule has 0 radical (unpaired) electrons. The van der Waals surface area contributed by atoms with Crippen LogP contribution in [0.3, 0.4) is 0 Å². The molecule has 1 amide bonds. The third-order valence-electron chi connectivity index (χ3n) is 4.33. The molecule has 0 unspecified atom stereocenters. The molecule has 3 nitrogen and oxygen atoms in total. The van der Waals surface area contributed by atoms with E-state index in [-0.39, 0.29) is 17.7 Å². The Bertz CT molecular complexity index is 719. The molecule has 114 valence electrons. The monoisotopic (exact) mass is 313 g/mol. The first-order valence-corrected chi connectivity index (χ1v) is 8.43. The van der Waals surface area contributed by atoms with Gasteiger partial charge < -0.3 is 5.32 Å². The number of thiophene rings is 1. The number of Topliss-reactive ketones (excluding diaryl/α,β-unsaturated/α-hetero) is 1. The molecule has 0 aliphatic heterocycles. The molecular weight excluding hydrogens is 294 g/mol. The zero-order chi connectivity index (χ0) is 15.7. The van der Waals surface area contributed by atoms with Gasteiger partial charge in [-0.25, -0.2) is 0 Å². The van der Waals surface area contributed by atoms with Crippen LogP contribution in [0.1, 0.15) is 69.8 Å². The van der Waals surface area contributed by atoms with Gasteiger partial charge in [0.05, 0.1) is 10.9 Å². The Morgan fingerprint density at radius 1 is 1.18 bits per heavy atom. The average Bonchev–Trinajstić information content (AvgIpc) is 3.01. The summed E-state index contributed by atoms with van der Waals surface area (Å²) in [5.41, 5.74) is 3.15. The molecule has 2 atom stereocenters. The largest absolute Gasteiger partial charge is 0.345 e. The van der Waals surface area contributed by atoms with Gasteiger partial charge in [0.25, 0.3) is 5.91 Å². The Labute approximate surface area is 134 Å². The van der Waals surface area contributed by atoms with E-state index in [9.17, 15) is 9.59 Å². The molecule has 0 saturated heterocycles. The maximum Gasteiger partial charge on any atom is 0.261 e. The summed E-state index contributed by atoms with van der Waals surface area (Å²) < 4.78 is 0. The molecule has 3 rings (SSSR count). The summed E-state index contributed by atoms with van der Waals surface area (Å²) in [4.78, 5) is 24.4. The first-order chi connectivity index (χ1) is 10.6. The number of ketones is 1. The molecule has 1 N–H and O–H groups in total. The second-order valence-corrected chi connectivity index (χ2v) is 6.80. The van der Waals surface area contributed by atoms with Gasteiger partial charge in [-0.05, 0) is 42.9 Å². The van der Waals surface area contributed by atoms with Gasteiger partial charge in [0, 0.05) is 10.9 Å². The van der Waals surface area contributed by atoms with Crippen molar-refractivity contribution in [2.24, 2.45) is 0 Å². The van der Waals surface area contributed by atoms with Gasteiger partial charge in [0.1, 0.15) is 0 Å². The molecule has 0 saturated carbocycles. The number of hydrogen-bond acceptors (Lipinski definition) is 3. The minimum Gasteiger partial charge on any atom is -0.345 e. The van der Waals surface area contributed by atoms with Crippen molar-refractivity contribution < 1.29 is 9.59 Å². The Morgan fingerprint density at radius 2 is 1.91 bits per heavy atom. The molecule has 0 fully saturated rings. The fraction of sp³-hybridized carbons (Fsp3) is 0.333. The second-order valence-electron chi connectivity index (χ2n) is 5.89. The van der Waals surface area contributed by atoms with E-state index in [0.29, 0.717) is 16.4 Å². The molecule has 1 aromatic carbocycles. The molecule has 1 aromatic heterocycles. The topological polar surface area (TPSA) is 46.2 Å².